The molecular formula is C21H24ClN3. The molecule has 3 rings (SSSR count). The monoisotopic (exact) mass is 353 g/mol. The van der Waals surface area contributed by atoms with E-state index in [0.29, 0.717) is 0 Å². The predicted octanol–water partition coefficient (Wildman–Crippen LogP) is 4.76. The highest BCUT2D eigenvalue weighted by Gasteiger charge is 2.12. The number of fused-ring (bicyclic) bond motifs is 1. The van der Waals surface area contributed by atoms with Crippen molar-refractivity contribution in [2.75, 3.05) is 32.1 Å². The Morgan fingerprint density at radius 3 is 2.40 bits per heavy atom. The van der Waals surface area contributed by atoms with Gasteiger partial charge < -0.3 is 9.80 Å². The van der Waals surface area contributed by atoms with Gasteiger partial charge in [0, 0.05) is 30.0 Å². The number of aryl methyl sites for hydroxylation is 1. The molecule has 2 aromatic carbocycles. The summed E-state index contributed by atoms with van der Waals surface area (Å²) in [6.45, 7) is 4.86. The Labute approximate surface area is 154 Å². The van der Waals surface area contributed by atoms with E-state index in [2.05, 4.69) is 67.2 Å². The maximum atomic E-state index is 6.02. The van der Waals surface area contributed by atoms with Crippen LogP contribution < -0.4 is 4.90 Å². The molecule has 4 heteroatoms. The van der Waals surface area contributed by atoms with E-state index in [1.165, 1.54) is 16.5 Å². The number of halogens is 1. The summed E-state index contributed by atoms with van der Waals surface area (Å²) in [6.07, 6.45) is 0. The summed E-state index contributed by atoms with van der Waals surface area (Å²) in [5.41, 5.74) is 3.53. The molecule has 0 unspecified atom stereocenters. The van der Waals surface area contributed by atoms with E-state index in [4.69, 9.17) is 16.6 Å². The van der Waals surface area contributed by atoms with Crippen molar-refractivity contribution in [1.82, 2.24) is 9.88 Å². The summed E-state index contributed by atoms with van der Waals surface area (Å²) in [5.74, 6) is 1.02. The third-order valence-corrected chi connectivity index (χ3v) is 4.59. The molecule has 0 atom stereocenters. The third-order valence-electron chi connectivity index (χ3n) is 4.34. The minimum absolute atomic E-state index is 0.767. The number of pyridine rings is 1. The Morgan fingerprint density at radius 1 is 0.960 bits per heavy atom. The number of rotatable bonds is 6. The molecule has 0 saturated heterocycles. The van der Waals surface area contributed by atoms with Gasteiger partial charge in [-0.25, -0.2) is 4.98 Å². The van der Waals surface area contributed by atoms with Crippen LogP contribution in [0.2, 0.25) is 5.02 Å². The molecule has 1 heterocycles. The van der Waals surface area contributed by atoms with Crippen LogP contribution in [-0.4, -0.2) is 37.1 Å². The van der Waals surface area contributed by atoms with Gasteiger partial charge in [0.2, 0.25) is 0 Å². The fraction of sp³-hybridized carbons (Fsp3) is 0.286. The van der Waals surface area contributed by atoms with Crippen LogP contribution in [0.25, 0.3) is 10.9 Å². The van der Waals surface area contributed by atoms with Crippen molar-refractivity contribution < 1.29 is 0 Å². The van der Waals surface area contributed by atoms with E-state index in [9.17, 15) is 0 Å². The molecule has 0 bridgehead atoms. The maximum absolute atomic E-state index is 6.02. The molecule has 0 saturated carbocycles. The molecule has 0 N–H and O–H groups in total. The summed E-state index contributed by atoms with van der Waals surface area (Å²) >= 11 is 6.02. The Bertz CT molecular complexity index is 843. The van der Waals surface area contributed by atoms with Gasteiger partial charge in [-0.3, -0.25) is 0 Å². The normalized spacial score (nSPS) is 11.2. The number of benzene rings is 2. The van der Waals surface area contributed by atoms with Crippen LogP contribution >= 0.6 is 11.6 Å². The van der Waals surface area contributed by atoms with Crippen molar-refractivity contribution in [1.29, 1.82) is 0 Å². The highest BCUT2D eigenvalue weighted by atomic mass is 35.5. The second-order valence-electron chi connectivity index (χ2n) is 6.67. The first kappa shape index (κ1) is 17.7. The van der Waals surface area contributed by atoms with Crippen LogP contribution in [0.3, 0.4) is 0 Å². The van der Waals surface area contributed by atoms with Gasteiger partial charge in [0.1, 0.15) is 5.82 Å². The number of para-hydroxylation sites is 1. The van der Waals surface area contributed by atoms with Gasteiger partial charge in [-0.1, -0.05) is 41.9 Å². The molecule has 1 aromatic heterocycles. The lowest BCUT2D eigenvalue weighted by Crippen LogP contribution is -2.32. The van der Waals surface area contributed by atoms with Crippen LogP contribution in [0.4, 0.5) is 5.82 Å². The SMILES string of the molecule is Cc1cc(N(CCN(C)C)Cc2ccc(Cl)cc2)nc2ccccc12. The van der Waals surface area contributed by atoms with Gasteiger partial charge in [0.25, 0.3) is 0 Å². The highest BCUT2D eigenvalue weighted by Crippen LogP contribution is 2.24. The standard InChI is InChI=1S/C21H24ClN3/c1-16-14-21(23-20-7-5-4-6-19(16)20)25(13-12-24(2)3)15-17-8-10-18(22)11-9-17/h4-11,14H,12-13,15H2,1-3H3. The predicted molar refractivity (Wildman–Crippen MR) is 108 cm³/mol. The Hall–Kier alpha value is -2.10. The van der Waals surface area contributed by atoms with Crippen molar-refractivity contribution in [2.24, 2.45) is 0 Å². The van der Waals surface area contributed by atoms with Crippen molar-refractivity contribution in [3.05, 3.63) is 70.7 Å². The van der Waals surface area contributed by atoms with Gasteiger partial charge in [0.15, 0.2) is 0 Å². The molecule has 0 aliphatic heterocycles. The van der Waals surface area contributed by atoms with E-state index < -0.39 is 0 Å². The Morgan fingerprint density at radius 2 is 1.68 bits per heavy atom. The Kier molecular flexibility index (Phi) is 5.57. The molecule has 25 heavy (non-hydrogen) atoms. The zero-order chi connectivity index (χ0) is 17.8. The average Bonchev–Trinajstić information content (AvgIpc) is 2.60. The van der Waals surface area contributed by atoms with E-state index >= 15 is 0 Å². The molecule has 3 nitrogen and oxygen atoms in total. The number of anilines is 1. The highest BCUT2D eigenvalue weighted by molar-refractivity contribution is 6.30. The van der Waals surface area contributed by atoms with Crippen molar-refractivity contribution in [2.45, 2.75) is 13.5 Å². The molecule has 0 spiro atoms. The lowest BCUT2D eigenvalue weighted by atomic mass is 10.1. The van der Waals surface area contributed by atoms with E-state index in [1.807, 2.05) is 18.2 Å². The van der Waals surface area contributed by atoms with Crippen LogP contribution in [0.15, 0.2) is 54.6 Å². The number of nitrogens with zero attached hydrogens (tertiary/aromatic N) is 3. The topological polar surface area (TPSA) is 19.4 Å². The van der Waals surface area contributed by atoms with Gasteiger partial charge in [0.05, 0.1) is 5.52 Å². The first-order valence-corrected chi connectivity index (χ1v) is 8.91. The molecule has 130 valence electrons. The first-order valence-electron chi connectivity index (χ1n) is 8.53. The summed E-state index contributed by atoms with van der Waals surface area (Å²) < 4.78 is 0. The lowest BCUT2D eigenvalue weighted by Gasteiger charge is -2.26. The molecule has 0 aliphatic rings. The van der Waals surface area contributed by atoms with Crippen LogP contribution in [0.5, 0.6) is 0 Å². The number of hydrogen-bond acceptors (Lipinski definition) is 3. The first-order chi connectivity index (χ1) is 12.0. The summed E-state index contributed by atoms with van der Waals surface area (Å²) in [4.78, 5) is 9.44. The molecule has 0 radical (unpaired) electrons. The van der Waals surface area contributed by atoms with Gasteiger partial charge >= 0.3 is 0 Å². The minimum atomic E-state index is 0.767. The molecule has 0 aliphatic carbocycles. The lowest BCUT2D eigenvalue weighted by molar-refractivity contribution is 0.412. The van der Waals surface area contributed by atoms with Crippen molar-refractivity contribution in [3.63, 3.8) is 0 Å². The molecule has 0 amide bonds. The second kappa shape index (κ2) is 7.85. The zero-order valence-electron chi connectivity index (χ0n) is 15.0. The number of hydrogen-bond donors (Lipinski definition) is 0. The van der Waals surface area contributed by atoms with E-state index in [-0.39, 0.29) is 0 Å². The maximum Gasteiger partial charge on any atom is 0.129 e. The largest absolute Gasteiger partial charge is 0.351 e. The fourth-order valence-electron chi connectivity index (χ4n) is 2.90. The van der Waals surface area contributed by atoms with Gasteiger partial charge in [-0.05, 0) is 56.4 Å². The smallest absolute Gasteiger partial charge is 0.129 e. The number of aromatic nitrogens is 1. The second-order valence-corrected chi connectivity index (χ2v) is 7.10. The summed E-state index contributed by atoms with van der Waals surface area (Å²) in [6, 6.07) is 18.6. The minimum Gasteiger partial charge on any atom is -0.351 e. The van der Waals surface area contributed by atoms with Crippen LogP contribution in [0.1, 0.15) is 11.1 Å². The zero-order valence-corrected chi connectivity index (χ0v) is 15.8. The van der Waals surface area contributed by atoms with Crippen molar-refractivity contribution >= 4 is 28.3 Å². The van der Waals surface area contributed by atoms with E-state index in [1.54, 1.807) is 0 Å². The average molecular weight is 354 g/mol. The van der Waals surface area contributed by atoms with Crippen LogP contribution in [0, 0.1) is 6.92 Å². The fourth-order valence-corrected chi connectivity index (χ4v) is 3.03. The third kappa shape index (κ3) is 4.50. The van der Waals surface area contributed by atoms with Gasteiger partial charge in [-0.15, -0.1) is 0 Å². The van der Waals surface area contributed by atoms with Crippen LogP contribution in [-0.2, 0) is 6.54 Å². The molecular weight excluding hydrogens is 330 g/mol. The van der Waals surface area contributed by atoms with E-state index in [0.717, 1.165) is 36.0 Å². The Balaban J connectivity index is 1.94. The number of likely N-dealkylation sites (N-methyl/N-ethyl adjacent to an activating group) is 1. The summed E-state index contributed by atoms with van der Waals surface area (Å²) in [7, 11) is 4.19. The molecule has 0 fully saturated rings. The molecule has 3 aromatic rings. The van der Waals surface area contributed by atoms with Gasteiger partial charge in [-0.2, -0.15) is 0 Å². The van der Waals surface area contributed by atoms with Crippen molar-refractivity contribution in [3.8, 4) is 0 Å². The summed E-state index contributed by atoms with van der Waals surface area (Å²) in [5, 5.41) is 1.98. The quantitative estimate of drug-likeness (QED) is 0.636.